The highest BCUT2D eigenvalue weighted by Crippen LogP contribution is 2.35. The number of amides is 1. The van der Waals surface area contributed by atoms with Crippen molar-refractivity contribution >= 4 is 35.2 Å². The average molecular weight is 460 g/mol. The van der Waals surface area contributed by atoms with Gasteiger partial charge in [-0.2, -0.15) is 5.10 Å². The number of hydrazone groups is 1. The number of halogens is 2. The number of nitrogens with one attached hydrogen (secondary N) is 2. The number of benzene rings is 1. The first kappa shape index (κ1) is 22.3. The second kappa shape index (κ2) is 9.30. The van der Waals surface area contributed by atoms with Crippen LogP contribution in [-0.2, 0) is 0 Å². The highest BCUT2D eigenvalue weighted by molar-refractivity contribution is 6.33. The Balaban J connectivity index is 1.45. The van der Waals surface area contributed by atoms with E-state index in [2.05, 4.69) is 20.8 Å². The van der Waals surface area contributed by atoms with Crippen LogP contribution in [0.4, 0.5) is 15.9 Å². The van der Waals surface area contributed by atoms with Crippen LogP contribution in [0.3, 0.4) is 0 Å². The molecule has 0 spiro atoms. The number of rotatable bonds is 6. The molecule has 0 saturated heterocycles. The zero-order valence-corrected chi connectivity index (χ0v) is 18.9. The van der Waals surface area contributed by atoms with Gasteiger partial charge < -0.3 is 16.0 Å². The number of hydrazine groups is 1. The van der Waals surface area contributed by atoms with E-state index in [0.717, 1.165) is 32.4 Å². The maximum Gasteiger partial charge on any atom is 0.258 e. The number of hydrogen-bond acceptors (Lipinski definition) is 7. The number of nitrogens with two attached hydrogens (primary N) is 1. The quantitative estimate of drug-likeness (QED) is 0.574. The van der Waals surface area contributed by atoms with Gasteiger partial charge in [-0.05, 0) is 43.4 Å². The second-order valence-corrected chi connectivity index (χ2v) is 8.77. The van der Waals surface area contributed by atoms with Crippen LogP contribution in [0.5, 0.6) is 0 Å². The van der Waals surface area contributed by atoms with Crippen molar-refractivity contribution in [3.63, 3.8) is 0 Å². The first-order chi connectivity index (χ1) is 15.3. The van der Waals surface area contributed by atoms with Crippen molar-refractivity contribution in [2.45, 2.75) is 25.3 Å². The predicted molar refractivity (Wildman–Crippen MR) is 125 cm³/mol. The number of anilines is 2. The number of nitrogen functional groups attached to an aromatic ring is 1. The van der Waals surface area contributed by atoms with Gasteiger partial charge in [-0.15, -0.1) is 0 Å². The van der Waals surface area contributed by atoms with E-state index >= 15 is 4.39 Å². The molecule has 1 amide bonds. The normalized spacial score (nSPS) is 20.1. The standard InChI is InChI=1S/C22H27ClFN7O/c1-30(2)22(32)20-18(25)6-5-15(21(20)24)16-12-27-19(10-17(16)23)26-11-13-3-4-14(9-13)31-28-7-8-29-31/h5-7,10,12-14,29H,3-4,8-9,11,25H2,1-2H3,(H,26,27). The van der Waals surface area contributed by atoms with Gasteiger partial charge in [-0.25, -0.2) is 19.9 Å². The van der Waals surface area contributed by atoms with Crippen molar-refractivity contribution in [1.82, 2.24) is 20.4 Å². The monoisotopic (exact) mass is 459 g/mol. The van der Waals surface area contributed by atoms with E-state index in [4.69, 9.17) is 17.3 Å². The van der Waals surface area contributed by atoms with Crippen LogP contribution in [-0.4, -0.2) is 60.4 Å². The second-order valence-electron chi connectivity index (χ2n) is 8.36. The summed E-state index contributed by atoms with van der Waals surface area (Å²) in [4.78, 5) is 18.1. The molecule has 2 aliphatic rings. The Morgan fingerprint density at radius 1 is 1.38 bits per heavy atom. The van der Waals surface area contributed by atoms with Gasteiger partial charge in [-0.3, -0.25) is 4.79 Å². The zero-order valence-electron chi connectivity index (χ0n) is 18.1. The maximum atomic E-state index is 15.2. The SMILES string of the molecule is CN(C)C(=O)c1c(N)ccc(-c2cnc(NCC3CCC(N4N=CCN4)C3)cc2Cl)c1F. The maximum absolute atomic E-state index is 15.2. The fourth-order valence-electron chi connectivity index (χ4n) is 4.20. The fourth-order valence-corrected chi connectivity index (χ4v) is 4.45. The third-order valence-corrected chi connectivity index (χ3v) is 6.23. The minimum Gasteiger partial charge on any atom is -0.398 e. The topological polar surface area (TPSA) is 98.9 Å². The van der Waals surface area contributed by atoms with E-state index in [9.17, 15) is 4.79 Å². The number of hydrogen-bond donors (Lipinski definition) is 3. The third-order valence-electron chi connectivity index (χ3n) is 5.92. The van der Waals surface area contributed by atoms with Gasteiger partial charge in [0.05, 0.1) is 23.2 Å². The summed E-state index contributed by atoms with van der Waals surface area (Å²) >= 11 is 6.47. The summed E-state index contributed by atoms with van der Waals surface area (Å²) in [5.74, 6) is -0.0795. The predicted octanol–water partition coefficient (Wildman–Crippen LogP) is 3.21. The molecule has 4 N–H and O–H groups in total. The molecule has 0 radical (unpaired) electrons. The van der Waals surface area contributed by atoms with Crippen molar-refractivity contribution < 1.29 is 9.18 Å². The first-order valence-electron chi connectivity index (χ1n) is 10.6. The first-order valence-corrected chi connectivity index (χ1v) is 11.0. The van der Waals surface area contributed by atoms with Gasteiger partial charge in [0, 0.05) is 49.9 Å². The van der Waals surface area contributed by atoms with E-state index < -0.39 is 11.7 Å². The van der Waals surface area contributed by atoms with Crippen LogP contribution in [0.25, 0.3) is 11.1 Å². The van der Waals surface area contributed by atoms with Gasteiger partial charge in [0.1, 0.15) is 11.6 Å². The molecule has 1 fully saturated rings. The van der Waals surface area contributed by atoms with E-state index in [1.807, 2.05) is 11.3 Å². The molecule has 8 nitrogen and oxygen atoms in total. The molecular weight excluding hydrogens is 433 g/mol. The van der Waals surface area contributed by atoms with Crippen LogP contribution in [0.2, 0.25) is 5.02 Å². The number of pyridine rings is 1. The summed E-state index contributed by atoms with van der Waals surface area (Å²) in [6.45, 7) is 1.56. The lowest BCUT2D eigenvalue weighted by atomic mass is 10.0. The molecule has 170 valence electrons. The molecular formula is C22H27ClFN7O. The van der Waals surface area contributed by atoms with E-state index in [-0.39, 0.29) is 16.8 Å². The van der Waals surface area contributed by atoms with Crippen molar-refractivity contribution in [1.29, 1.82) is 0 Å². The molecule has 10 heteroatoms. The third kappa shape index (κ3) is 4.49. The number of nitrogens with zero attached hydrogens (tertiary/aromatic N) is 4. The average Bonchev–Trinajstić information content (AvgIpc) is 3.45. The highest BCUT2D eigenvalue weighted by Gasteiger charge is 2.30. The van der Waals surface area contributed by atoms with E-state index in [0.29, 0.717) is 28.4 Å². The zero-order chi connectivity index (χ0) is 22.8. The van der Waals surface area contributed by atoms with Crippen LogP contribution in [0, 0.1) is 11.7 Å². The molecule has 1 aromatic heterocycles. The van der Waals surface area contributed by atoms with Gasteiger partial charge in [0.2, 0.25) is 0 Å². The Morgan fingerprint density at radius 2 is 2.19 bits per heavy atom. The Morgan fingerprint density at radius 3 is 2.88 bits per heavy atom. The summed E-state index contributed by atoms with van der Waals surface area (Å²) in [6.07, 6.45) is 6.64. The molecule has 32 heavy (non-hydrogen) atoms. The molecule has 1 aliphatic heterocycles. The number of aromatic nitrogens is 1. The molecule has 1 aromatic carbocycles. The van der Waals surface area contributed by atoms with Crippen LogP contribution >= 0.6 is 11.6 Å². The Kier molecular flexibility index (Phi) is 6.48. The Hall–Kier alpha value is -2.91. The molecule has 2 unspecified atom stereocenters. The lowest BCUT2D eigenvalue weighted by Gasteiger charge is -2.22. The van der Waals surface area contributed by atoms with Crippen LogP contribution in [0.1, 0.15) is 29.6 Å². The molecule has 1 saturated carbocycles. The highest BCUT2D eigenvalue weighted by atomic mass is 35.5. The number of carbonyl (C=O) groups excluding carboxylic acids is 1. The van der Waals surface area contributed by atoms with Crippen molar-refractivity contribution in [2.24, 2.45) is 11.0 Å². The lowest BCUT2D eigenvalue weighted by Crippen LogP contribution is -2.37. The van der Waals surface area contributed by atoms with Gasteiger partial charge in [-0.1, -0.05) is 11.6 Å². The summed E-state index contributed by atoms with van der Waals surface area (Å²) in [5, 5.41) is 9.98. The van der Waals surface area contributed by atoms with Gasteiger partial charge in [0.15, 0.2) is 0 Å². The summed E-state index contributed by atoms with van der Waals surface area (Å²) in [6, 6.07) is 5.11. The Labute approximate surface area is 191 Å². The smallest absolute Gasteiger partial charge is 0.258 e. The van der Waals surface area contributed by atoms with E-state index in [1.54, 1.807) is 20.2 Å². The van der Waals surface area contributed by atoms with Crippen molar-refractivity contribution in [2.75, 3.05) is 38.2 Å². The molecule has 2 aromatic rings. The molecule has 2 heterocycles. The largest absolute Gasteiger partial charge is 0.398 e. The summed E-state index contributed by atoms with van der Waals surface area (Å²) in [7, 11) is 3.09. The van der Waals surface area contributed by atoms with Crippen LogP contribution < -0.4 is 16.5 Å². The minimum atomic E-state index is -0.705. The van der Waals surface area contributed by atoms with Gasteiger partial charge in [0.25, 0.3) is 5.91 Å². The fraction of sp³-hybridized carbons (Fsp3) is 0.409. The van der Waals surface area contributed by atoms with E-state index in [1.165, 1.54) is 23.2 Å². The Bertz CT molecular complexity index is 1050. The molecule has 4 rings (SSSR count). The van der Waals surface area contributed by atoms with Crippen molar-refractivity contribution in [3.05, 3.63) is 40.8 Å². The minimum absolute atomic E-state index is 0.0806. The summed E-state index contributed by atoms with van der Waals surface area (Å²) < 4.78 is 15.2. The van der Waals surface area contributed by atoms with Crippen molar-refractivity contribution in [3.8, 4) is 11.1 Å². The summed E-state index contributed by atoms with van der Waals surface area (Å²) in [5.41, 5.74) is 9.61. The molecule has 0 bridgehead atoms. The molecule has 1 aliphatic carbocycles. The van der Waals surface area contributed by atoms with Crippen LogP contribution in [0.15, 0.2) is 29.5 Å². The molecule has 2 atom stereocenters. The van der Waals surface area contributed by atoms with Gasteiger partial charge >= 0.3 is 0 Å². The number of carbonyl (C=O) groups is 1. The lowest BCUT2D eigenvalue weighted by molar-refractivity contribution is 0.0824.